The van der Waals surface area contributed by atoms with E-state index in [9.17, 15) is 4.79 Å². The Kier molecular flexibility index (Phi) is 6.01. The molecule has 0 aliphatic heterocycles. The Morgan fingerprint density at radius 1 is 1.19 bits per heavy atom. The monoisotopic (exact) mass is 381 g/mol. The van der Waals surface area contributed by atoms with Crippen LogP contribution in [0.2, 0.25) is 0 Å². The molecular formula is C22H23NO3S. The van der Waals surface area contributed by atoms with Crippen LogP contribution in [0.5, 0.6) is 0 Å². The molecule has 0 unspecified atom stereocenters. The number of thioether (sulfide) groups is 1. The van der Waals surface area contributed by atoms with Crippen molar-refractivity contribution in [2.24, 2.45) is 0 Å². The fourth-order valence-corrected chi connectivity index (χ4v) is 3.40. The molecule has 0 fully saturated rings. The van der Waals surface area contributed by atoms with Crippen molar-refractivity contribution in [3.63, 3.8) is 0 Å². The molecule has 4 nitrogen and oxygen atoms in total. The van der Waals surface area contributed by atoms with Crippen LogP contribution in [0, 0.1) is 0 Å². The second-order valence-electron chi connectivity index (χ2n) is 6.29. The van der Waals surface area contributed by atoms with Gasteiger partial charge in [-0.1, -0.05) is 32.2 Å². The van der Waals surface area contributed by atoms with E-state index >= 15 is 0 Å². The zero-order valence-corrected chi connectivity index (χ0v) is 16.7. The number of aryl methyl sites for hydroxylation is 2. The second kappa shape index (κ2) is 8.44. The van der Waals surface area contributed by atoms with Gasteiger partial charge in [0.25, 0.3) is 0 Å². The number of benzene rings is 1. The Bertz CT molecular complexity index is 990. The Morgan fingerprint density at radius 3 is 2.70 bits per heavy atom. The van der Waals surface area contributed by atoms with Crippen molar-refractivity contribution < 1.29 is 13.9 Å². The van der Waals surface area contributed by atoms with Crippen LogP contribution in [0.1, 0.15) is 32.2 Å². The number of esters is 1. The molecule has 0 saturated carbocycles. The van der Waals surface area contributed by atoms with E-state index in [0.717, 1.165) is 51.4 Å². The molecule has 3 rings (SSSR count). The highest BCUT2D eigenvalue weighted by Crippen LogP contribution is 2.32. The molecule has 0 aliphatic rings. The number of carbonyl (C=O) groups is 1. The Labute approximate surface area is 163 Å². The van der Waals surface area contributed by atoms with Crippen molar-refractivity contribution in [3.8, 4) is 11.3 Å². The fraction of sp³-hybridized carbons (Fsp3) is 0.273. The molecule has 0 N–H and O–H groups in total. The van der Waals surface area contributed by atoms with Gasteiger partial charge in [0.1, 0.15) is 17.3 Å². The minimum absolute atomic E-state index is 0.243. The van der Waals surface area contributed by atoms with Crippen LogP contribution in [0.4, 0.5) is 0 Å². The maximum atomic E-state index is 11.5. The van der Waals surface area contributed by atoms with Crippen molar-refractivity contribution in [2.75, 3.05) is 5.94 Å². The van der Waals surface area contributed by atoms with Crippen molar-refractivity contribution >= 4 is 28.7 Å². The molecule has 0 saturated heterocycles. The Balaban J connectivity index is 1.82. The highest BCUT2D eigenvalue weighted by atomic mass is 32.2. The molecule has 2 heterocycles. The summed E-state index contributed by atoms with van der Waals surface area (Å²) in [7, 11) is 0. The van der Waals surface area contributed by atoms with Gasteiger partial charge in [0.2, 0.25) is 0 Å². The fourth-order valence-electron chi connectivity index (χ4n) is 2.75. The lowest BCUT2D eigenvalue weighted by Gasteiger charge is -2.06. The van der Waals surface area contributed by atoms with Crippen molar-refractivity contribution in [1.82, 2.24) is 4.98 Å². The Morgan fingerprint density at radius 2 is 2.00 bits per heavy atom. The minimum Gasteiger partial charge on any atom is -0.456 e. The van der Waals surface area contributed by atoms with Gasteiger partial charge in [0, 0.05) is 27.1 Å². The summed E-state index contributed by atoms with van der Waals surface area (Å²) in [6.45, 7) is 9.42. The smallest absolute Gasteiger partial charge is 0.333 e. The average Bonchev–Trinajstić information content (AvgIpc) is 3.10. The molecule has 0 spiro atoms. The standard InChI is InChI=1S/C22H23NO3S/c1-5-16-8-10-18(19(6-2)23-16)21-11-15-7-9-17(12-20(15)26-21)27-13-25-22(24)14(3)4/h7-12H,3,5-6,13H2,1-2,4H3. The number of nitrogens with zero attached hydrogens (tertiary/aromatic N) is 1. The van der Waals surface area contributed by atoms with E-state index in [4.69, 9.17) is 14.1 Å². The number of aromatic nitrogens is 1. The zero-order valence-electron chi connectivity index (χ0n) is 15.9. The molecular weight excluding hydrogens is 358 g/mol. The van der Waals surface area contributed by atoms with Crippen molar-refractivity contribution in [3.05, 3.63) is 59.9 Å². The molecule has 0 amide bonds. The Hall–Kier alpha value is -2.53. The van der Waals surface area contributed by atoms with E-state index in [1.165, 1.54) is 11.8 Å². The first-order valence-corrected chi connectivity index (χ1v) is 9.98. The molecule has 0 bridgehead atoms. The third kappa shape index (κ3) is 4.42. The lowest BCUT2D eigenvalue weighted by molar-refractivity contribution is -0.136. The molecule has 3 aromatic rings. The van der Waals surface area contributed by atoms with Gasteiger partial charge in [-0.3, -0.25) is 4.98 Å². The van der Waals surface area contributed by atoms with Crippen LogP contribution < -0.4 is 0 Å². The molecule has 0 atom stereocenters. The van der Waals surface area contributed by atoms with Crippen LogP contribution in [-0.4, -0.2) is 16.9 Å². The minimum atomic E-state index is -0.376. The molecule has 0 aliphatic carbocycles. The first-order chi connectivity index (χ1) is 13.0. The summed E-state index contributed by atoms with van der Waals surface area (Å²) in [5.74, 6) is 0.694. The summed E-state index contributed by atoms with van der Waals surface area (Å²) in [6.07, 6.45) is 1.78. The average molecular weight is 381 g/mol. The molecule has 0 radical (unpaired) electrons. The highest BCUT2D eigenvalue weighted by Gasteiger charge is 2.12. The lowest BCUT2D eigenvalue weighted by Crippen LogP contribution is -2.03. The highest BCUT2D eigenvalue weighted by molar-refractivity contribution is 7.99. The van der Waals surface area contributed by atoms with Gasteiger partial charge < -0.3 is 9.15 Å². The number of rotatable bonds is 7. The van der Waals surface area contributed by atoms with Crippen LogP contribution in [0.15, 0.2) is 57.9 Å². The summed E-state index contributed by atoms with van der Waals surface area (Å²) < 4.78 is 11.2. The van der Waals surface area contributed by atoms with Gasteiger partial charge in [0.05, 0.1) is 5.69 Å². The molecule has 27 heavy (non-hydrogen) atoms. The summed E-state index contributed by atoms with van der Waals surface area (Å²) in [5.41, 5.74) is 4.39. The van der Waals surface area contributed by atoms with Crippen molar-refractivity contribution in [1.29, 1.82) is 0 Å². The normalized spacial score (nSPS) is 10.9. The van der Waals surface area contributed by atoms with Crippen molar-refractivity contribution in [2.45, 2.75) is 38.5 Å². The van der Waals surface area contributed by atoms with E-state index in [2.05, 4.69) is 32.6 Å². The first kappa shape index (κ1) is 19.2. The second-order valence-corrected chi connectivity index (χ2v) is 7.28. The predicted molar refractivity (Wildman–Crippen MR) is 110 cm³/mol. The summed E-state index contributed by atoms with van der Waals surface area (Å²) in [6, 6.07) is 12.2. The van der Waals surface area contributed by atoms with E-state index < -0.39 is 0 Å². The van der Waals surface area contributed by atoms with E-state index in [1.807, 2.05) is 24.3 Å². The number of furan rings is 1. The number of carbonyl (C=O) groups excluding carboxylic acids is 1. The van der Waals surface area contributed by atoms with Gasteiger partial charge in [-0.25, -0.2) is 4.79 Å². The maximum Gasteiger partial charge on any atom is 0.333 e. The molecule has 2 aromatic heterocycles. The van der Waals surface area contributed by atoms with Gasteiger partial charge in [-0.15, -0.1) is 0 Å². The number of pyridine rings is 1. The summed E-state index contributed by atoms with van der Waals surface area (Å²) >= 11 is 1.44. The largest absolute Gasteiger partial charge is 0.456 e. The quantitative estimate of drug-likeness (QED) is 0.224. The summed E-state index contributed by atoms with van der Waals surface area (Å²) in [4.78, 5) is 17.2. The SMILES string of the molecule is C=C(C)C(=O)OCSc1ccc2cc(-c3ccc(CC)nc3CC)oc2c1. The predicted octanol–water partition coefficient (Wildman–Crippen LogP) is 5.79. The third-order valence-corrected chi connectivity index (χ3v) is 5.07. The van der Waals surface area contributed by atoms with Gasteiger partial charge in [0.15, 0.2) is 0 Å². The van der Waals surface area contributed by atoms with Crippen LogP contribution in [0.3, 0.4) is 0 Å². The van der Waals surface area contributed by atoms with E-state index in [1.54, 1.807) is 6.92 Å². The van der Waals surface area contributed by atoms with E-state index in [-0.39, 0.29) is 11.9 Å². The summed E-state index contributed by atoms with van der Waals surface area (Å²) in [5, 5.41) is 1.04. The lowest BCUT2D eigenvalue weighted by atomic mass is 10.1. The number of ether oxygens (including phenoxy) is 1. The maximum absolute atomic E-state index is 11.5. The topological polar surface area (TPSA) is 52.3 Å². The molecule has 1 aromatic carbocycles. The number of hydrogen-bond donors (Lipinski definition) is 0. The van der Waals surface area contributed by atoms with E-state index in [0.29, 0.717) is 5.57 Å². The van der Waals surface area contributed by atoms with Crippen LogP contribution >= 0.6 is 11.8 Å². The number of hydrogen-bond acceptors (Lipinski definition) is 5. The van der Waals surface area contributed by atoms with Crippen LogP contribution in [-0.2, 0) is 22.4 Å². The van der Waals surface area contributed by atoms with Gasteiger partial charge in [-0.05, 0) is 56.2 Å². The molecule has 5 heteroatoms. The first-order valence-electron chi connectivity index (χ1n) is 9.00. The third-order valence-electron chi connectivity index (χ3n) is 4.25. The molecule has 140 valence electrons. The van der Waals surface area contributed by atoms with Crippen LogP contribution in [0.25, 0.3) is 22.3 Å². The number of fused-ring (bicyclic) bond motifs is 1. The van der Waals surface area contributed by atoms with Gasteiger partial charge >= 0.3 is 5.97 Å². The zero-order chi connectivity index (χ0) is 19.4. The van der Waals surface area contributed by atoms with Gasteiger partial charge in [-0.2, -0.15) is 0 Å².